The first kappa shape index (κ1) is 17.5. The van der Waals surface area contributed by atoms with Crippen LogP contribution in [-0.2, 0) is 0 Å². The van der Waals surface area contributed by atoms with Gasteiger partial charge in [0.1, 0.15) is 11.2 Å². The van der Waals surface area contributed by atoms with Crippen LogP contribution in [0.15, 0.2) is 73.4 Å². The normalized spacial score (nSPS) is 11.4. The molecular formula is C24H17N7. The van der Waals surface area contributed by atoms with Crippen molar-refractivity contribution in [3.05, 3.63) is 79.0 Å². The minimum Gasteiger partial charge on any atom is -0.336 e. The average Bonchev–Trinajstić information content (AvgIpc) is 3.43. The maximum absolute atomic E-state index is 4.86. The number of benzene rings is 1. The smallest absolute Gasteiger partial charge is 0.159 e. The number of imidazole rings is 1. The number of aromatic amines is 2. The molecule has 0 fully saturated rings. The lowest BCUT2D eigenvalue weighted by Crippen LogP contribution is -1.86. The molecule has 0 unspecified atom stereocenters. The molecular weight excluding hydrogens is 386 g/mol. The first-order valence-electron chi connectivity index (χ1n) is 9.92. The van der Waals surface area contributed by atoms with E-state index in [9.17, 15) is 0 Å². The predicted octanol–water partition coefficient (Wildman–Crippen LogP) is 4.93. The molecule has 31 heavy (non-hydrogen) atoms. The lowest BCUT2D eigenvalue weighted by molar-refractivity contribution is 1.11. The van der Waals surface area contributed by atoms with Crippen molar-refractivity contribution >= 4 is 21.9 Å². The van der Waals surface area contributed by atoms with Crippen molar-refractivity contribution in [2.24, 2.45) is 0 Å². The molecule has 0 radical (unpaired) electrons. The molecule has 0 aliphatic carbocycles. The first-order chi connectivity index (χ1) is 15.3. The van der Waals surface area contributed by atoms with E-state index >= 15 is 0 Å². The molecule has 0 aliphatic rings. The highest BCUT2D eigenvalue weighted by atomic mass is 15.1. The van der Waals surface area contributed by atoms with E-state index in [0.717, 1.165) is 50.0 Å². The second-order valence-corrected chi connectivity index (χ2v) is 7.41. The molecule has 1 aromatic carbocycles. The van der Waals surface area contributed by atoms with Crippen LogP contribution in [-0.4, -0.2) is 35.1 Å². The first-order valence-corrected chi connectivity index (χ1v) is 9.92. The van der Waals surface area contributed by atoms with Crippen LogP contribution in [0.5, 0.6) is 0 Å². The van der Waals surface area contributed by atoms with E-state index in [1.807, 2.05) is 42.7 Å². The summed E-state index contributed by atoms with van der Waals surface area (Å²) in [4.78, 5) is 21.3. The van der Waals surface area contributed by atoms with E-state index in [0.29, 0.717) is 5.82 Å². The molecule has 0 saturated carbocycles. The molecule has 0 spiro atoms. The van der Waals surface area contributed by atoms with Crippen LogP contribution in [0.3, 0.4) is 0 Å². The predicted molar refractivity (Wildman–Crippen MR) is 120 cm³/mol. The van der Waals surface area contributed by atoms with Crippen molar-refractivity contribution in [1.82, 2.24) is 35.1 Å². The zero-order valence-electron chi connectivity index (χ0n) is 16.7. The number of pyridine rings is 3. The van der Waals surface area contributed by atoms with Gasteiger partial charge in [-0.2, -0.15) is 5.10 Å². The summed E-state index contributed by atoms with van der Waals surface area (Å²) in [6.07, 6.45) is 9.02. The quantitative estimate of drug-likeness (QED) is 0.437. The van der Waals surface area contributed by atoms with Gasteiger partial charge in [-0.25, -0.2) is 4.98 Å². The zero-order chi connectivity index (χ0) is 20.8. The minimum atomic E-state index is 0.694. The maximum Gasteiger partial charge on any atom is 0.159 e. The molecule has 0 amide bonds. The van der Waals surface area contributed by atoms with E-state index in [4.69, 9.17) is 4.98 Å². The third-order valence-corrected chi connectivity index (χ3v) is 5.47. The van der Waals surface area contributed by atoms with Crippen molar-refractivity contribution in [3.63, 3.8) is 0 Å². The lowest BCUT2D eigenvalue weighted by Gasteiger charge is -2.05. The van der Waals surface area contributed by atoms with Gasteiger partial charge in [-0.05, 0) is 54.4 Å². The van der Waals surface area contributed by atoms with Crippen molar-refractivity contribution in [2.45, 2.75) is 6.92 Å². The summed E-state index contributed by atoms with van der Waals surface area (Å²) >= 11 is 0. The molecule has 2 N–H and O–H groups in total. The second kappa shape index (κ2) is 6.84. The molecule has 148 valence electrons. The monoisotopic (exact) mass is 403 g/mol. The molecule has 7 nitrogen and oxygen atoms in total. The molecule has 6 rings (SSSR count). The van der Waals surface area contributed by atoms with Crippen LogP contribution < -0.4 is 0 Å². The molecule has 0 atom stereocenters. The van der Waals surface area contributed by atoms with E-state index < -0.39 is 0 Å². The van der Waals surface area contributed by atoms with Gasteiger partial charge in [0.2, 0.25) is 0 Å². The van der Waals surface area contributed by atoms with Gasteiger partial charge < -0.3 is 4.98 Å². The van der Waals surface area contributed by atoms with E-state index in [1.165, 1.54) is 5.56 Å². The number of H-pyrrole nitrogens is 2. The van der Waals surface area contributed by atoms with Crippen LogP contribution in [0.4, 0.5) is 0 Å². The molecule has 0 saturated heterocycles. The number of nitrogens with zero attached hydrogens (tertiary/aromatic N) is 5. The van der Waals surface area contributed by atoms with Crippen molar-refractivity contribution in [3.8, 4) is 33.9 Å². The number of hydrogen-bond donors (Lipinski definition) is 2. The minimum absolute atomic E-state index is 0.694. The lowest BCUT2D eigenvalue weighted by atomic mass is 10.0. The van der Waals surface area contributed by atoms with E-state index in [-0.39, 0.29) is 0 Å². The Kier molecular flexibility index (Phi) is 3.86. The Balaban J connectivity index is 1.52. The summed E-state index contributed by atoms with van der Waals surface area (Å²) in [5.74, 6) is 0.694. The Hall–Kier alpha value is -4.39. The van der Waals surface area contributed by atoms with Crippen LogP contribution in [0.25, 0.3) is 55.8 Å². The topological polar surface area (TPSA) is 96.0 Å². The summed E-state index contributed by atoms with van der Waals surface area (Å²) in [7, 11) is 0. The molecule has 6 aromatic rings. The van der Waals surface area contributed by atoms with Gasteiger partial charge in [-0.1, -0.05) is 6.07 Å². The Morgan fingerprint density at radius 1 is 0.806 bits per heavy atom. The van der Waals surface area contributed by atoms with Crippen molar-refractivity contribution in [1.29, 1.82) is 0 Å². The summed E-state index contributed by atoms with van der Waals surface area (Å²) in [5, 5.41) is 8.67. The van der Waals surface area contributed by atoms with E-state index in [1.54, 1.807) is 18.6 Å². The summed E-state index contributed by atoms with van der Waals surface area (Å²) in [6, 6.07) is 14.1. The van der Waals surface area contributed by atoms with Crippen LogP contribution in [0.2, 0.25) is 0 Å². The number of nitrogens with one attached hydrogen (secondary N) is 2. The van der Waals surface area contributed by atoms with Gasteiger partial charge in [0.05, 0.1) is 16.7 Å². The summed E-state index contributed by atoms with van der Waals surface area (Å²) < 4.78 is 0. The molecule has 5 heterocycles. The van der Waals surface area contributed by atoms with Crippen molar-refractivity contribution < 1.29 is 0 Å². The van der Waals surface area contributed by atoms with Gasteiger partial charge in [0.15, 0.2) is 5.82 Å². The van der Waals surface area contributed by atoms with Crippen LogP contribution in [0.1, 0.15) is 5.56 Å². The Bertz CT molecular complexity index is 1550. The standard InChI is InChI=1S/C24H17N7/c1-14-6-9-26-13-18(14)15-4-5-19-17(11-15)22(31-30-19)24-28-20-7-10-27-21(23(20)29-24)16-3-2-8-25-12-16/h2-13H,1H3,(H,28,29)(H,30,31). The number of hydrogen-bond acceptors (Lipinski definition) is 5. The van der Waals surface area contributed by atoms with E-state index in [2.05, 4.69) is 49.2 Å². The average molecular weight is 403 g/mol. The summed E-state index contributed by atoms with van der Waals surface area (Å²) in [5.41, 5.74) is 8.50. The number of aryl methyl sites for hydroxylation is 1. The molecule has 5 aromatic heterocycles. The number of rotatable bonds is 3. The molecule has 0 bridgehead atoms. The molecule has 0 aliphatic heterocycles. The largest absolute Gasteiger partial charge is 0.336 e. The fourth-order valence-electron chi connectivity index (χ4n) is 3.89. The third kappa shape index (κ3) is 2.86. The fraction of sp³-hybridized carbons (Fsp3) is 0.0417. The van der Waals surface area contributed by atoms with Crippen LogP contribution >= 0.6 is 0 Å². The summed E-state index contributed by atoms with van der Waals surface area (Å²) in [6.45, 7) is 2.09. The Morgan fingerprint density at radius 3 is 2.61 bits per heavy atom. The maximum atomic E-state index is 4.86. The highest BCUT2D eigenvalue weighted by Gasteiger charge is 2.16. The third-order valence-electron chi connectivity index (χ3n) is 5.47. The number of aromatic nitrogens is 7. The Morgan fingerprint density at radius 2 is 1.74 bits per heavy atom. The highest BCUT2D eigenvalue weighted by Crippen LogP contribution is 2.32. The molecule has 7 heteroatoms. The SMILES string of the molecule is Cc1ccncc1-c1ccc2[nH]nc(-c3nc4c(-c5cccnc5)nccc4[nH]3)c2c1. The van der Waals surface area contributed by atoms with Gasteiger partial charge in [-0.3, -0.25) is 20.1 Å². The number of fused-ring (bicyclic) bond motifs is 2. The van der Waals surface area contributed by atoms with Gasteiger partial charge in [0, 0.05) is 47.5 Å². The highest BCUT2D eigenvalue weighted by molar-refractivity contribution is 5.97. The van der Waals surface area contributed by atoms with Gasteiger partial charge in [0.25, 0.3) is 0 Å². The Labute approximate surface area is 177 Å². The van der Waals surface area contributed by atoms with Gasteiger partial charge in [-0.15, -0.1) is 0 Å². The fourth-order valence-corrected chi connectivity index (χ4v) is 3.89. The zero-order valence-corrected chi connectivity index (χ0v) is 16.7. The van der Waals surface area contributed by atoms with Crippen LogP contribution in [0, 0.1) is 6.92 Å². The van der Waals surface area contributed by atoms with Gasteiger partial charge >= 0.3 is 0 Å². The second-order valence-electron chi connectivity index (χ2n) is 7.41. The van der Waals surface area contributed by atoms with Crippen molar-refractivity contribution in [2.75, 3.05) is 0 Å².